The van der Waals surface area contributed by atoms with Gasteiger partial charge in [-0.1, -0.05) is 45.2 Å². The number of amides is 2. The van der Waals surface area contributed by atoms with Crippen molar-refractivity contribution >= 4 is 51.5 Å². The van der Waals surface area contributed by atoms with Crippen molar-refractivity contribution in [1.82, 2.24) is 10.7 Å². The van der Waals surface area contributed by atoms with Gasteiger partial charge in [0.25, 0.3) is 11.8 Å². The van der Waals surface area contributed by atoms with Crippen LogP contribution in [0, 0.1) is 6.92 Å². The molecule has 0 atom stereocenters. The fourth-order valence-corrected chi connectivity index (χ4v) is 3.22. The molecule has 0 heterocycles. The predicted molar refractivity (Wildman–Crippen MR) is 130 cm³/mol. The van der Waals surface area contributed by atoms with Crippen LogP contribution in [0.5, 0.6) is 5.75 Å². The minimum Gasteiger partial charge on any atom is -0.422 e. The van der Waals surface area contributed by atoms with Crippen LogP contribution in [0.3, 0.4) is 0 Å². The van der Waals surface area contributed by atoms with Gasteiger partial charge in [-0.2, -0.15) is 5.10 Å². The largest absolute Gasteiger partial charge is 0.422 e. The first-order chi connectivity index (χ1) is 15.8. The molecule has 3 aromatic carbocycles. The SMILES string of the molecule is Cc1cccc(C(=O)NCC(=O)NN=Cc2cc(Br)ccc2OC(=O)c2ccc(Cl)cc2)c1. The average molecular weight is 529 g/mol. The average Bonchev–Trinajstić information content (AvgIpc) is 2.79. The summed E-state index contributed by atoms with van der Waals surface area (Å²) in [4.78, 5) is 36.6. The second-order valence-corrected chi connectivity index (χ2v) is 8.28. The minimum atomic E-state index is -0.563. The van der Waals surface area contributed by atoms with Crippen molar-refractivity contribution < 1.29 is 19.1 Å². The van der Waals surface area contributed by atoms with Gasteiger partial charge in [-0.25, -0.2) is 10.2 Å². The maximum absolute atomic E-state index is 12.4. The summed E-state index contributed by atoms with van der Waals surface area (Å²) in [5, 5.41) is 6.93. The molecule has 0 aromatic heterocycles. The molecule has 7 nitrogen and oxygen atoms in total. The maximum atomic E-state index is 12.4. The highest BCUT2D eigenvalue weighted by Crippen LogP contribution is 2.23. The summed E-state index contributed by atoms with van der Waals surface area (Å²) in [6.07, 6.45) is 1.34. The number of aryl methyl sites for hydroxylation is 1. The number of carbonyl (C=O) groups excluding carboxylic acids is 3. The summed E-state index contributed by atoms with van der Waals surface area (Å²) in [5.41, 5.74) is 4.53. The Morgan fingerprint density at radius 1 is 1.03 bits per heavy atom. The number of halogens is 2. The molecule has 0 saturated heterocycles. The molecule has 3 rings (SSSR count). The molecular formula is C24H19BrClN3O4. The smallest absolute Gasteiger partial charge is 0.343 e. The molecule has 0 spiro atoms. The third-order valence-electron chi connectivity index (χ3n) is 4.34. The normalized spacial score (nSPS) is 10.6. The van der Waals surface area contributed by atoms with Crippen molar-refractivity contribution in [2.75, 3.05) is 6.54 Å². The van der Waals surface area contributed by atoms with Crippen molar-refractivity contribution in [2.24, 2.45) is 5.10 Å². The number of nitrogens with zero attached hydrogens (tertiary/aromatic N) is 1. The fourth-order valence-electron chi connectivity index (χ4n) is 2.72. The molecule has 0 aliphatic rings. The molecule has 33 heavy (non-hydrogen) atoms. The van der Waals surface area contributed by atoms with Crippen molar-refractivity contribution in [3.8, 4) is 5.75 Å². The number of esters is 1. The van der Waals surface area contributed by atoms with Crippen LogP contribution in [0.25, 0.3) is 0 Å². The van der Waals surface area contributed by atoms with Gasteiger partial charge in [0.15, 0.2) is 0 Å². The lowest BCUT2D eigenvalue weighted by molar-refractivity contribution is -0.120. The number of benzene rings is 3. The zero-order chi connectivity index (χ0) is 23.8. The Labute approximate surface area is 203 Å². The zero-order valence-electron chi connectivity index (χ0n) is 17.5. The lowest BCUT2D eigenvalue weighted by Gasteiger charge is -2.08. The van der Waals surface area contributed by atoms with E-state index in [1.807, 2.05) is 13.0 Å². The third kappa shape index (κ3) is 7.27. The van der Waals surface area contributed by atoms with Crippen LogP contribution in [0.2, 0.25) is 5.02 Å². The van der Waals surface area contributed by atoms with Crippen LogP contribution in [0.15, 0.2) is 76.3 Å². The van der Waals surface area contributed by atoms with Gasteiger partial charge in [-0.3, -0.25) is 9.59 Å². The second kappa shape index (κ2) is 11.4. The van der Waals surface area contributed by atoms with E-state index in [0.717, 1.165) is 10.0 Å². The van der Waals surface area contributed by atoms with E-state index in [0.29, 0.717) is 21.7 Å². The van der Waals surface area contributed by atoms with Crippen molar-refractivity contribution in [2.45, 2.75) is 6.92 Å². The molecule has 2 amide bonds. The van der Waals surface area contributed by atoms with E-state index >= 15 is 0 Å². The van der Waals surface area contributed by atoms with E-state index in [4.69, 9.17) is 16.3 Å². The van der Waals surface area contributed by atoms with Gasteiger partial charge in [-0.05, 0) is 61.5 Å². The van der Waals surface area contributed by atoms with E-state index in [1.54, 1.807) is 60.7 Å². The number of ether oxygens (including phenoxy) is 1. The first-order valence-corrected chi connectivity index (χ1v) is 10.9. The lowest BCUT2D eigenvalue weighted by Crippen LogP contribution is -2.34. The Morgan fingerprint density at radius 2 is 1.79 bits per heavy atom. The van der Waals surface area contributed by atoms with Crippen LogP contribution in [0.1, 0.15) is 31.8 Å². The third-order valence-corrected chi connectivity index (χ3v) is 5.08. The van der Waals surface area contributed by atoms with Crippen LogP contribution < -0.4 is 15.5 Å². The topological polar surface area (TPSA) is 96.9 Å². The Morgan fingerprint density at radius 3 is 2.52 bits per heavy atom. The molecule has 0 aliphatic heterocycles. The number of hydrazone groups is 1. The molecule has 0 fully saturated rings. The van der Waals surface area contributed by atoms with E-state index in [2.05, 4.69) is 31.8 Å². The molecule has 0 bridgehead atoms. The Hall–Kier alpha value is -3.49. The van der Waals surface area contributed by atoms with Crippen molar-refractivity contribution in [3.63, 3.8) is 0 Å². The van der Waals surface area contributed by atoms with Gasteiger partial charge in [0.05, 0.1) is 18.3 Å². The van der Waals surface area contributed by atoms with Gasteiger partial charge in [-0.15, -0.1) is 0 Å². The molecule has 2 N–H and O–H groups in total. The summed E-state index contributed by atoms with van der Waals surface area (Å²) >= 11 is 9.20. The first kappa shape index (κ1) is 24.2. The molecule has 168 valence electrons. The van der Waals surface area contributed by atoms with E-state index in [9.17, 15) is 14.4 Å². The fraction of sp³-hybridized carbons (Fsp3) is 0.0833. The lowest BCUT2D eigenvalue weighted by atomic mass is 10.1. The standard InChI is InChI=1S/C24H19BrClN3O4/c1-15-3-2-4-17(11-15)23(31)27-14-22(30)29-28-13-18-12-19(25)7-10-21(18)33-24(32)16-5-8-20(26)9-6-16/h2-13H,14H2,1H3,(H,27,31)(H,29,30). The summed E-state index contributed by atoms with van der Waals surface area (Å²) in [6, 6.07) is 18.3. The Bertz CT molecular complexity index is 1210. The highest BCUT2D eigenvalue weighted by atomic mass is 79.9. The van der Waals surface area contributed by atoms with Gasteiger partial charge < -0.3 is 10.1 Å². The molecule has 3 aromatic rings. The van der Waals surface area contributed by atoms with E-state index in [1.165, 1.54) is 6.21 Å². The second-order valence-electron chi connectivity index (χ2n) is 6.92. The van der Waals surface area contributed by atoms with E-state index in [-0.39, 0.29) is 18.2 Å². The predicted octanol–water partition coefficient (Wildman–Crippen LogP) is 4.51. The highest BCUT2D eigenvalue weighted by molar-refractivity contribution is 9.10. The number of carbonyl (C=O) groups is 3. The number of hydrogen-bond acceptors (Lipinski definition) is 5. The van der Waals surface area contributed by atoms with Gasteiger partial charge in [0, 0.05) is 20.6 Å². The van der Waals surface area contributed by atoms with Crippen molar-refractivity contribution in [1.29, 1.82) is 0 Å². The van der Waals surface area contributed by atoms with Crippen LogP contribution >= 0.6 is 27.5 Å². The molecule has 0 saturated carbocycles. The molecule has 9 heteroatoms. The van der Waals surface area contributed by atoms with E-state index < -0.39 is 11.9 Å². The summed E-state index contributed by atoms with van der Waals surface area (Å²) in [6.45, 7) is 1.63. The number of nitrogens with one attached hydrogen (secondary N) is 2. The quantitative estimate of drug-likeness (QED) is 0.204. The highest BCUT2D eigenvalue weighted by Gasteiger charge is 2.12. The molecule has 0 radical (unpaired) electrons. The van der Waals surface area contributed by atoms with Crippen LogP contribution in [0.4, 0.5) is 0 Å². The summed E-state index contributed by atoms with van der Waals surface area (Å²) in [7, 11) is 0. The van der Waals surface area contributed by atoms with Crippen molar-refractivity contribution in [3.05, 3.63) is 98.5 Å². The molecule has 0 unspecified atom stereocenters. The van der Waals surface area contributed by atoms with Crippen LogP contribution in [-0.2, 0) is 4.79 Å². The minimum absolute atomic E-state index is 0.249. The molecular weight excluding hydrogens is 510 g/mol. The first-order valence-electron chi connectivity index (χ1n) is 9.76. The van der Waals surface area contributed by atoms with Gasteiger partial charge in [0.1, 0.15) is 5.75 Å². The van der Waals surface area contributed by atoms with Crippen LogP contribution in [-0.4, -0.2) is 30.5 Å². The molecule has 0 aliphatic carbocycles. The summed E-state index contributed by atoms with van der Waals surface area (Å²) < 4.78 is 6.19. The number of hydrogen-bond donors (Lipinski definition) is 2. The monoisotopic (exact) mass is 527 g/mol. The Kier molecular flexibility index (Phi) is 8.34. The number of rotatable bonds is 7. The summed E-state index contributed by atoms with van der Waals surface area (Å²) in [5.74, 6) is -1.18. The van der Waals surface area contributed by atoms with Gasteiger partial charge >= 0.3 is 5.97 Å². The maximum Gasteiger partial charge on any atom is 0.343 e. The zero-order valence-corrected chi connectivity index (χ0v) is 19.8. The Balaban J connectivity index is 1.59. The van der Waals surface area contributed by atoms with Gasteiger partial charge in [0.2, 0.25) is 0 Å².